The topological polar surface area (TPSA) is 20.2 Å². The van der Waals surface area contributed by atoms with Gasteiger partial charge in [-0.05, 0) is 6.42 Å². The average molecular weight is 201 g/mol. The first kappa shape index (κ1) is 14.7. The summed E-state index contributed by atoms with van der Waals surface area (Å²) >= 11 is 0. The van der Waals surface area contributed by atoms with Crippen molar-refractivity contribution >= 4 is 0 Å². The van der Waals surface area contributed by atoms with Crippen LogP contribution in [0.1, 0.15) is 32.6 Å². The largest absolute Gasteiger partial charge is 0.396 e. The van der Waals surface area contributed by atoms with E-state index in [9.17, 15) is 0 Å². The SMILES string of the molecule is CCCCCO.[C-]1=CC=CC1.[Ti]. The summed E-state index contributed by atoms with van der Waals surface area (Å²) < 4.78 is 0. The van der Waals surface area contributed by atoms with Gasteiger partial charge >= 0.3 is 0 Å². The molecule has 0 spiro atoms. The van der Waals surface area contributed by atoms with Crippen molar-refractivity contribution < 1.29 is 26.8 Å². The second-order valence-electron chi connectivity index (χ2n) is 2.43. The van der Waals surface area contributed by atoms with Crippen LogP contribution in [0, 0.1) is 6.08 Å². The van der Waals surface area contributed by atoms with Crippen molar-refractivity contribution in [2.24, 2.45) is 0 Å². The number of aliphatic hydroxyl groups is 1. The van der Waals surface area contributed by atoms with Gasteiger partial charge in [0.2, 0.25) is 0 Å². The number of hydrogen-bond donors (Lipinski definition) is 1. The van der Waals surface area contributed by atoms with Crippen LogP contribution in [0.4, 0.5) is 0 Å². The molecule has 1 N–H and O–H groups in total. The predicted molar refractivity (Wildman–Crippen MR) is 48.2 cm³/mol. The molecule has 0 aromatic rings. The molecule has 1 aliphatic rings. The Hall–Kier alpha value is 0.154. The van der Waals surface area contributed by atoms with Crippen molar-refractivity contribution in [3.05, 3.63) is 24.3 Å². The van der Waals surface area contributed by atoms with Gasteiger partial charge in [-0.25, -0.2) is 12.2 Å². The van der Waals surface area contributed by atoms with E-state index in [2.05, 4.69) is 19.1 Å². The number of hydrogen-bond acceptors (Lipinski definition) is 1. The summed E-state index contributed by atoms with van der Waals surface area (Å²) in [6, 6.07) is 0. The van der Waals surface area contributed by atoms with Crippen LogP contribution >= 0.6 is 0 Å². The van der Waals surface area contributed by atoms with Crippen LogP contribution in [0.5, 0.6) is 0 Å². The fourth-order valence-electron chi connectivity index (χ4n) is 0.702. The Labute approximate surface area is 90.4 Å². The van der Waals surface area contributed by atoms with Crippen molar-refractivity contribution in [3.63, 3.8) is 0 Å². The van der Waals surface area contributed by atoms with Gasteiger partial charge in [0.25, 0.3) is 0 Å². The van der Waals surface area contributed by atoms with Gasteiger partial charge in [0.05, 0.1) is 0 Å². The minimum Gasteiger partial charge on any atom is -0.396 e. The molecule has 0 bridgehead atoms. The molecule has 0 heterocycles. The minimum absolute atomic E-state index is 0. The van der Waals surface area contributed by atoms with E-state index in [1.54, 1.807) is 0 Å². The Morgan fingerprint density at radius 2 is 2.17 bits per heavy atom. The molecule has 2 heteroatoms. The molecule has 0 amide bonds. The number of allylic oxidation sites excluding steroid dienone is 4. The zero-order chi connectivity index (χ0) is 8.36. The second kappa shape index (κ2) is 13.7. The van der Waals surface area contributed by atoms with Gasteiger partial charge in [-0.15, -0.1) is 6.42 Å². The van der Waals surface area contributed by atoms with E-state index in [0.717, 1.165) is 19.3 Å². The van der Waals surface area contributed by atoms with E-state index in [1.165, 1.54) is 6.42 Å². The Balaban J connectivity index is 0. The summed E-state index contributed by atoms with van der Waals surface area (Å²) in [6.45, 7) is 2.48. The monoisotopic (exact) mass is 201 g/mol. The normalized spacial score (nSPS) is 11.8. The fraction of sp³-hybridized carbons (Fsp3) is 0.600. The summed E-state index contributed by atoms with van der Waals surface area (Å²) in [7, 11) is 0. The van der Waals surface area contributed by atoms with Crippen molar-refractivity contribution in [2.45, 2.75) is 32.6 Å². The molecule has 0 fully saturated rings. The van der Waals surface area contributed by atoms with Gasteiger partial charge in [-0.1, -0.05) is 19.8 Å². The van der Waals surface area contributed by atoms with Gasteiger partial charge < -0.3 is 5.11 Å². The summed E-state index contributed by atoms with van der Waals surface area (Å²) in [4.78, 5) is 0. The number of aliphatic hydroxyl groups excluding tert-OH is 1. The van der Waals surface area contributed by atoms with E-state index in [0.29, 0.717) is 6.61 Å². The standard InChI is InChI=1S/C5H12O.C5H5.Ti/c1-2-3-4-5-6;1-2-4-5-3-1;/h6H,2-5H2,1H3;1-3H,4H2;/q;-1;. The molecule has 0 saturated heterocycles. The molecule has 0 saturated carbocycles. The van der Waals surface area contributed by atoms with Gasteiger partial charge in [-0.2, -0.15) is 6.08 Å². The maximum Gasteiger partial charge on any atom is 0.0431 e. The van der Waals surface area contributed by atoms with E-state index < -0.39 is 0 Å². The summed E-state index contributed by atoms with van der Waals surface area (Å²) in [5, 5.41) is 8.20. The van der Waals surface area contributed by atoms with Crippen molar-refractivity contribution in [1.29, 1.82) is 0 Å². The third kappa shape index (κ3) is 12.8. The molecule has 1 rings (SSSR count). The fourth-order valence-corrected chi connectivity index (χ4v) is 0.702. The van der Waals surface area contributed by atoms with Crippen LogP contribution in [0.15, 0.2) is 18.2 Å². The zero-order valence-corrected chi connectivity index (χ0v) is 9.28. The molecule has 0 aromatic carbocycles. The first-order valence-electron chi connectivity index (χ1n) is 4.24. The molecule has 0 unspecified atom stereocenters. The van der Waals surface area contributed by atoms with Crippen LogP contribution in [0.3, 0.4) is 0 Å². The molecule has 68 valence electrons. The van der Waals surface area contributed by atoms with E-state index in [-0.39, 0.29) is 21.7 Å². The Bertz CT molecular complexity index is 105. The molecule has 0 radical (unpaired) electrons. The number of rotatable bonds is 3. The van der Waals surface area contributed by atoms with Crippen LogP contribution < -0.4 is 0 Å². The summed E-state index contributed by atoms with van der Waals surface area (Å²) in [5.41, 5.74) is 0. The smallest absolute Gasteiger partial charge is 0.0431 e. The first-order chi connectivity index (χ1) is 5.41. The molecular weight excluding hydrogens is 184 g/mol. The second-order valence-corrected chi connectivity index (χ2v) is 2.43. The van der Waals surface area contributed by atoms with Gasteiger partial charge in [0.15, 0.2) is 0 Å². The van der Waals surface area contributed by atoms with Gasteiger partial charge in [0.1, 0.15) is 0 Å². The predicted octanol–water partition coefficient (Wildman–Crippen LogP) is 2.47. The maximum absolute atomic E-state index is 8.20. The average Bonchev–Trinajstić information content (AvgIpc) is 2.57. The first-order valence-corrected chi connectivity index (χ1v) is 4.24. The van der Waals surface area contributed by atoms with Crippen LogP contribution in [-0.4, -0.2) is 11.7 Å². The number of unbranched alkanes of at least 4 members (excludes halogenated alkanes) is 2. The van der Waals surface area contributed by atoms with Crippen LogP contribution in [0.25, 0.3) is 0 Å². The molecule has 0 aliphatic heterocycles. The Morgan fingerprint density at radius 3 is 2.33 bits per heavy atom. The molecule has 0 aromatic heterocycles. The van der Waals surface area contributed by atoms with E-state index in [1.807, 2.05) is 12.2 Å². The third-order valence-electron chi connectivity index (χ3n) is 1.35. The van der Waals surface area contributed by atoms with E-state index >= 15 is 0 Å². The van der Waals surface area contributed by atoms with Crippen LogP contribution in [-0.2, 0) is 21.7 Å². The third-order valence-corrected chi connectivity index (χ3v) is 1.35. The molecule has 12 heavy (non-hydrogen) atoms. The van der Waals surface area contributed by atoms with Gasteiger partial charge in [0, 0.05) is 28.3 Å². The molecule has 1 nitrogen and oxygen atoms in total. The van der Waals surface area contributed by atoms with Crippen molar-refractivity contribution in [1.82, 2.24) is 0 Å². The summed E-state index contributed by atoms with van der Waals surface area (Å²) in [6.07, 6.45) is 13.3. The van der Waals surface area contributed by atoms with E-state index in [4.69, 9.17) is 5.11 Å². The Kier molecular flexibility index (Phi) is 16.8. The van der Waals surface area contributed by atoms with Crippen molar-refractivity contribution in [3.8, 4) is 0 Å². The van der Waals surface area contributed by atoms with Gasteiger partial charge in [-0.3, -0.25) is 6.08 Å². The maximum atomic E-state index is 8.20. The summed E-state index contributed by atoms with van der Waals surface area (Å²) in [5.74, 6) is 0. The molecule has 0 atom stereocenters. The minimum atomic E-state index is 0. The molecular formula is C10H17OTi-. The Morgan fingerprint density at radius 1 is 1.42 bits per heavy atom. The van der Waals surface area contributed by atoms with Crippen molar-refractivity contribution in [2.75, 3.05) is 6.61 Å². The molecule has 1 aliphatic carbocycles. The van der Waals surface area contributed by atoms with Crippen LogP contribution in [0.2, 0.25) is 0 Å². The quantitative estimate of drug-likeness (QED) is 0.422. The zero-order valence-electron chi connectivity index (χ0n) is 7.71.